The average molecular weight is 357 g/mol. The third-order valence-corrected chi connectivity index (χ3v) is 3.27. The van der Waals surface area contributed by atoms with Crippen LogP contribution in [0.2, 0.25) is 0 Å². The fraction of sp³-hybridized carbons (Fsp3) is 0.143. The average Bonchev–Trinajstić information content (AvgIpc) is 2.39. The molecule has 0 saturated carbocycles. The Labute approximate surface area is 119 Å². The van der Waals surface area contributed by atoms with E-state index in [4.69, 9.17) is 10.5 Å². The normalized spacial score (nSPS) is 10.4. The quantitative estimate of drug-likeness (QED) is 0.851. The van der Waals surface area contributed by atoms with Crippen molar-refractivity contribution in [1.82, 2.24) is 0 Å². The van der Waals surface area contributed by atoms with Gasteiger partial charge in [-0.3, -0.25) is 0 Å². The summed E-state index contributed by atoms with van der Waals surface area (Å²) in [6.45, 7) is 0.718. The predicted molar refractivity (Wildman–Crippen MR) is 77.8 cm³/mol. The van der Waals surface area contributed by atoms with Gasteiger partial charge in [-0.2, -0.15) is 0 Å². The van der Waals surface area contributed by atoms with Crippen molar-refractivity contribution in [3.63, 3.8) is 0 Å². The van der Waals surface area contributed by atoms with E-state index >= 15 is 0 Å². The molecule has 2 aromatic carbocycles. The molecule has 0 atom stereocenters. The second-order valence-corrected chi connectivity index (χ2v) is 5.12. The minimum absolute atomic E-state index is 0.264. The molecule has 2 nitrogen and oxygen atoms in total. The van der Waals surface area contributed by atoms with Crippen LogP contribution in [0.3, 0.4) is 0 Å². The van der Waals surface area contributed by atoms with Gasteiger partial charge >= 0.3 is 0 Å². The summed E-state index contributed by atoms with van der Waals surface area (Å²) < 4.78 is 19.9. The Hall–Kier alpha value is -1.14. The Balaban J connectivity index is 2.08. The Kier molecular flexibility index (Phi) is 4.54. The van der Waals surface area contributed by atoms with E-state index in [9.17, 15) is 4.39 Å². The summed E-state index contributed by atoms with van der Waals surface area (Å²) in [5.41, 5.74) is 7.31. The van der Waals surface area contributed by atoms with E-state index in [1.165, 1.54) is 15.7 Å². The largest absolute Gasteiger partial charge is 0.489 e. The van der Waals surface area contributed by atoms with Crippen LogP contribution in [-0.4, -0.2) is 0 Å². The summed E-state index contributed by atoms with van der Waals surface area (Å²) in [5, 5.41) is 0. The molecule has 0 bridgehead atoms. The molecule has 2 N–H and O–H groups in total. The Morgan fingerprint density at radius 2 is 1.83 bits per heavy atom. The standard InChI is InChI=1S/C14H13FINO/c15-12-3-6-14(11(7-12)8-17)18-9-10-1-4-13(16)5-2-10/h1-7H,8-9,17H2. The second-order valence-electron chi connectivity index (χ2n) is 3.87. The van der Waals surface area contributed by atoms with Crippen LogP contribution in [0, 0.1) is 9.39 Å². The summed E-state index contributed by atoms with van der Waals surface area (Å²) in [6, 6.07) is 12.5. The fourth-order valence-corrected chi connectivity index (χ4v) is 1.95. The predicted octanol–water partition coefficient (Wildman–Crippen LogP) is 3.47. The van der Waals surface area contributed by atoms with Gasteiger partial charge in [0.1, 0.15) is 18.2 Å². The van der Waals surface area contributed by atoms with Crippen LogP contribution >= 0.6 is 22.6 Å². The van der Waals surface area contributed by atoms with Gasteiger partial charge in [-0.15, -0.1) is 0 Å². The highest BCUT2D eigenvalue weighted by Gasteiger charge is 2.04. The minimum Gasteiger partial charge on any atom is -0.489 e. The molecule has 0 heterocycles. The van der Waals surface area contributed by atoms with Crippen molar-refractivity contribution in [2.24, 2.45) is 5.73 Å². The van der Waals surface area contributed by atoms with Crippen molar-refractivity contribution >= 4 is 22.6 Å². The van der Waals surface area contributed by atoms with E-state index in [0.717, 1.165) is 5.56 Å². The number of halogens is 2. The van der Waals surface area contributed by atoms with E-state index in [1.807, 2.05) is 24.3 Å². The highest BCUT2D eigenvalue weighted by Crippen LogP contribution is 2.20. The van der Waals surface area contributed by atoms with Gasteiger partial charge < -0.3 is 10.5 Å². The van der Waals surface area contributed by atoms with Crippen molar-refractivity contribution < 1.29 is 9.13 Å². The molecule has 2 aromatic rings. The third kappa shape index (κ3) is 3.43. The number of hydrogen-bond donors (Lipinski definition) is 1. The molecule has 0 aliphatic carbocycles. The molecule has 0 saturated heterocycles. The molecule has 4 heteroatoms. The van der Waals surface area contributed by atoms with Crippen molar-refractivity contribution in [1.29, 1.82) is 0 Å². The molecule has 0 aliphatic rings. The summed E-state index contributed by atoms with van der Waals surface area (Å²) in [5.74, 6) is 0.342. The summed E-state index contributed by atoms with van der Waals surface area (Å²) in [7, 11) is 0. The zero-order valence-electron chi connectivity index (χ0n) is 9.70. The number of ether oxygens (including phenoxy) is 1. The van der Waals surface area contributed by atoms with E-state index in [1.54, 1.807) is 6.07 Å². The molecule has 0 radical (unpaired) electrons. The molecule has 0 spiro atoms. The van der Waals surface area contributed by atoms with Gasteiger partial charge in [-0.25, -0.2) is 4.39 Å². The van der Waals surface area contributed by atoms with Crippen LogP contribution in [0.4, 0.5) is 4.39 Å². The van der Waals surface area contributed by atoms with Crippen LogP contribution in [-0.2, 0) is 13.2 Å². The highest BCUT2D eigenvalue weighted by atomic mass is 127. The number of rotatable bonds is 4. The van der Waals surface area contributed by atoms with Crippen molar-refractivity contribution in [2.75, 3.05) is 0 Å². The zero-order valence-corrected chi connectivity index (χ0v) is 11.9. The first-order valence-corrected chi connectivity index (χ1v) is 6.62. The zero-order chi connectivity index (χ0) is 13.0. The van der Waals surface area contributed by atoms with Crippen LogP contribution in [0.25, 0.3) is 0 Å². The summed E-state index contributed by atoms with van der Waals surface area (Å²) in [4.78, 5) is 0. The lowest BCUT2D eigenvalue weighted by molar-refractivity contribution is 0.302. The van der Waals surface area contributed by atoms with Crippen molar-refractivity contribution in [3.8, 4) is 5.75 Å². The van der Waals surface area contributed by atoms with Crippen LogP contribution in [0.15, 0.2) is 42.5 Å². The van der Waals surface area contributed by atoms with Gasteiger partial charge in [0, 0.05) is 15.7 Å². The molecule has 0 aliphatic heterocycles. The van der Waals surface area contributed by atoms with E-state index in [0.29, 0.717) is 17.9 Å². The Bertz CT molecular complexity index is 528. The lowest BCUT2D eigenvalue weighted by Gasteiger charge is -2.10. The molecule has 94 valence electrons. The molecule has 18 heavy (non-hydrogen) atoms. The maximum Gasteiger partial charge on any atom is 0.124 e. The van der Waals surface area contributed by atoms with Gasteiger partial charge in [-0.1, -0.05) is 12.1 Å². The van der Waals surface area contributed by atoms with Gasteiger partial charge in [0.2, 0.25) is 0 Å². The number of nitrogens with two attached hydrogens (primary N) is 1. The first-order chi connectivity index (χ1) is 8.69. The number of hydrogen-bond acceptors (Lipinski definition) is 2. The van der Waals surface area contributed by atoms with Crippen LogP contribution in [0.1, 0.15) is 11.1 Å². The van der Waals surface area contributed by atoms with E-state index < -0.39 is 0 Å². The second kappa shape index (κ2) is 6.15. The maximum atomic E-state index is 13.0. The Morgan fingerprint density at radius 1 is 1.11 bits per heavy atom. The SMILES string of the molecule is NCc1cc(F)ccc1OCc1ccc(I)cc1. The molecular formula is C14H13FINO. The highest BCUT2D eigenvalue weighted by molar-refractivity contribution is 14.1. The first-order valence-electron chi connectivity index (χ1n) is 5.55. The molecule has 0 amide bonds. The van der Waals surface area contributed by atoms with Gasteiger partial charge in [0.15, 0.2) is 0 Å². The first kappa shape index (κ1) is 13.3. The maximum absolute atomic E-state index is 13.0. The number of benzene rings is 2. The minimum atomic E-state index is -0.294. The van der Waals surface area contributed by atoms with Crippen LogP contribution in [0.5, 0.6) is 5.75 Å². The molecular weight excluding hydrogens is 344 g/mol. The topological polar surface area (TPSA) is 35.2 Å². The van der Waals surface area contributed by atoms with Crippen molar-refractivity contribution in [2.45, 2.75) is 13.2 Å². The van der Waals surface area contributed by atoms with Crippen LogP contribution < -0.4 is 10.5 Å². The molecule has 2 rings (SSSR count). The lowest BCUT2D eigenvalue weighted by atomic mass is 10.2. The fourth-order valence-electron chi connectivity index (χ4n) is 1.59. The summed E-state index contributed by atoms with van der Waals surface area (Å²) in [6.07, 6.45) is 0. The monoisotopic (exact) mass is 357 g/mol. The molecule has 0 unspecified atom stereocenters. The van der Waals surface area contributed by atoms with E-state index in [2.05, 4.69) is 22.6 Å². The third-order valence-electron chi connectivity index (χ3n) is 2.55. The van der Waals surface area contributed by atoms with Crippen molar-refractivity contribution in [3.05, 3.63) is 63.0 Å². The molecule has 0 fully saturated rings. The van der Waals surface area contributed by atoms with Gasteiger partial charge in [0.05, 0.1) is 0 Å². The lowest BCUT2D eigenvalue weighted by Crippen LogP contribution is -2.03. The smallest absolute Gasteiger partial charge is 0.124 e. The molecule has 0 aromatic heterocycles. The van der Waals surface area contributed by atoms with Gasteiger partial charge in [-0.05, 0) is 58.5 Å². The van der Waals surface area contributed by atoms with Gasteiger partial charge in [0.25, 0.3) is 0 Å². The Morgan fingerprint density at radius 3 is 2.50 bits per heavy atom. The van der Waals surface area contributed by atoms with E-state index in [-0.39, 0.29) is 12.4 Å². The summed E-state index contributed by atoms with van der Waals surface area (Å²) >= 11 is 2.25.